The minimum Gasteiger partial charge on any atom is -0.478 e. The van der Waals surface area contributed by atoms with Gasteiger partial charge in [-0.05, 0) is 34.0 Å². The zero-order valence-electron chi connectivity index (χ0n) is 8.70. The van der Waals surface area contributed by atoms with Crippen LogP contribution in [0.25, 0.3) is 0 Å². The Labute approximate surface area is 102 Å². The van der Waals surface area contributed by atoms with E-state index >= 15 is 0 Å². The Kier molecular flexibility index (Phi) is 3.17. The summed E-state index contributed by atoms with van der Waals surface area (Å²) in [6.45, 7) is 0. The van der Waals surface area contributed by atoms with Crippen molar-refractivity contribution >= 4 is 17.3 Å². The number of aromatic carboxylic acids is 1. The van der Waals surface area contributed by atoms with Crippen molar-refractivity contribution in [2.45, 2.75) is 5.92 Å². The minimum atomic E-state index is -1.04. The van der Waals surface area contributed by atoms with Crippen molar-refractivity contribution in [3.63, 3.8) is 0 Å². The summed E-state index contributed by atoms with van der Waals surface area (Å²) in [4.78, 5) is 14.7. The molecule has 2 aromatic heterocycles. The van der Waals surface area contributed by atoms with Gasteiger partial charge in [0.1, 0.15) is 0 Å². The van der Waals surface area contributed by atoms with Gasteiger partial charge in [0.15, 0.2) is 0 Å². The molecule has 5 heteroatoms. The number of rotatable bonds is 3. The van der Waals surface area contributed by atoms with Gasteiger partial charge in [0, 0.05) is 12.4 Å². The number of carboxylic acids is 1. The third-order valence-corrected chi connectivity index (χ3v) is 3.05. The van der Waals surface area contributed by atoms with E-state index in [2.05, 4.69) is 11.1 Å². The zero-order valence-corrected chi connectivity index (χ0v) is 9.52. The van der Waals surface area contributed by atoms with E-state index in [9.17, 15) is 4.79 Å². The number of nitriles is 1. The Morgan fingerprint density at radius 2 is 2.29 bits per heavy atom. The summed E-state index contributed by atoms with van der Waals surface area (Å²) in [5.41, 5.74) is 1.56. The fraction of sp³-hybridized carbons (Fsp3) is 0.0833. The molecule has 2 rings (SSSR count). The van der Waals surface area contributed by atoms with Gasteiger partial charge in [-0.25, -0.2) is 4.79 Å². The summed E-state index contributed by atoms with van der Waals surface area (Å²) in [5.74, 6) is -1.51. The summed E-state index contributed by atoms with van der Waals surface area (Å²) < 4.78 is 0. The highest BCUT2D eigenvalue weighted by atomic mass is 32.1. The predicted molar refractivity (Wildman–Crippen MR) is 63.0 cm³/mol. The van der Waals surface area contributed by atoms with E-state index in [1.807, 2.05) is 16.8 Å². The number of nitrogens with zero attached hydrogens (tertiary/aromatic N) is 2. The van der Waals surface area contributed by atoms with Gasteiger partial charge >= 0.3 is 5.97 Å². The van der Waals surface area contributed by atoms with Gasteiger partial charge in [-0.3, -0.25) is 4.98 Å². The molecule has 0 aliphatic rings. The molecule has 84 valence electrons. The first kappa shape index (κ1) is 11.3. The maximum atomic E-state index is 10.8. The summed E-state index contributed by atoms with van der Waals surface area (Å²) in [5, 5.41) is 21.8. The van der Waals surface area contributed by atoms with Crippen LogP contribution in [0.5, 0.6) is 0 Å². The van der Waals surface area contributed by atoms with Crippen LogP contribution in [0.15, 0.2) is 35.3 Å². The second-order valence-electron chi connectivity index (χ2n) is 3.43. The van der Waals surface area contributed by atoms with Gasteiger partial charge < -0.3 is 5.11 Å². The molecule has 0 saturated heterocycles. The van der Waals surface area contributed by atoms with Crippen LogP contribution in [-0.4, -0.2) is 16.1 Å². The molecule has 2 aromatic rings. The van der Waals surface area contributed by atoms with Crippen LogP contribution in [0.3, 0.4) is 0 Å². The number of pyridine rings is 1. The van der Waals surface area contributed by atoms with Crippen LogP contribution in [0.2, 0.25) is 0 Å². The van der Waals surface area contributed by atoms with Gasteiger partial charge in [0.25, 0.3) is 0 Å². The lowest BCUT2D eigenvalue weighted by Gasteiger charge is -2.07. The number of hydrogen-bond acceptors (Lipinski definition) is 4. The summed E-state index contributed by atoms with van der Waals surface area (Å²) in [7, 11) is 0. The highest BCUT2D eigenvalue weighted by molar-refractivity contribution is 7.08. The third kappa shape index (κ3) is 2.32. The fourth-order valence-corrected chi connectivity index (χ4v) is 2.20. The summed E-state index contributed by atoms with van der Waals surface area (Å²) in [6, 6.07) is 5.50. The Morgan fingerprint density at radius 1 is 1.47 bits per heavy atom. The topological polar surface area (TPSA) is 74.0 Å². The molecule has 0 aliphatic heterocycles. The molecular formula is C12H8N2O2S. The highest BCUT2D eigenvalue weighted by Crippen LogP contribution is 2.25. The molecule has 4 nitrogen and oxygen atoms in total. The molecule has 1 atom stereocenters. The van der Waals surface area contributed by atoms with Crippen molar-refractivity contribution in [2.24, 2.45) is 0 Å². The van der Waals surface area contributed by atoms with Gasteiger partial charge in [-0.15, -0.1) is 0 Å². The normalized spacial score (nSPS) is 11.7. The van der Waals surface area contributed by atoms with Crippen LogP contribution in [0.4, 0.5) is 0 Å². The maximum absolute atomic E-state index is 10.8. The van der Waals surface area contributed by atoms with Crippen LogP contribution in [0.1, 0.15) is 27.4 Å². The van der Waals surface area contributed by atoms with Crippen molar-refractivity contribution in [2.75, 3.05) is 0 Å². The Morgan fingerprint density at radius 3 is 2.88 bits per heavy atom. The van der Waals surface area contributed by atoms with Gasteiger partial charge in [0.2, 0.25) is 0 Å². The van der Waals surface area contributed by atoms with Crippen LogP contribution < -0.4 is 0 Å². The fourth-order valence-electron chi connectivity index (χ4n) is 1.51. The van der Waals surface area contributed by atoms with Crippen molar-refractivity contribution in [3.05, 3.63) is 52.0 Å². The van der Waals surface area contributed by atoms with E-state index in [1.165, 1.54) is 29.8 Å². The van der Waals surface area contributed by atoms with E-state index in [1.54, 1.807) is 0 Å². The molecule has 0 spiro atoms. The monoisotopic (exact) mass is 244 g/mol. The molecule has 0 amide bonds. The van der Waals surface area contributed by atoms with E-state index in [0.717, 1.165) is 5.56 Å². The zero-order chi connectivity index (χ0) is 12.3. The molecule has 0 aromatic carbocycles. The quantitative estimate of drug-likeness (QED) is 0.900. The standard InChI is InChI=1S/C12H8N2O2S/c13-4-11(8-1-2-17-7-8)9-3-10(12(15)16)6-14-5-9/h1-3,5-7,11H,(H,15,16). The first-order valence-corrected chi connectivity index (χ1v) is 5.76. The Balaban J connectivity index is 2.42. The molecule has 0 bridgehead atoms. The van der Waals surface area contributed by atoms with E-state index < -0.39 is 11.9 Å². The van der Waals surface area contributed by atoms with Crippen molar-refractivity contribution in [1.29, 1.82) is 5.26 Å². The third-order valence-electron chi connectivity index (χ3n) is 2.35. The molecule has 0 saturated carbocycles. The van der Waals surface area contributed by atoms with Crippen LogP contribution in [-0.2, 0) is 0 Å². The van der Waals surface area contributed by atoms with Gasteiger partial charge in [-0.2, -0.15) is 16.6 Å². The van der Waals surface area contributed by atoms with Gasteiger partial charge in [-0.1, -0.05) is 0 Å². The largest absolute Gasteiger partial charge is 0.478 e. The van der Waals surface area contributed by atoms with Crippen molar-refractivity contribution < 1.29 is 9.90 Å². The highest BCUT2D eigenvalue weighted by Gasteiger charge is 2.16. The second kappa shape index (κ2) is 4.76. The first-order valence-electron chi connectivity index (χ1n) is 4.82. The molecule has 0 aliphatic carbocycles. The second-order valence-corrected chi connectivity index (χ2v) is 4.21. The average Bonchev–Trinajstić information content (AvgIpc) is 2.84. The smallest absolute Gasteiger partial charge is 0.337 e. The minimum absolute atomic E-state index is 0.0954. The molecule has 2 heterocycles. The van der Waals surface area contributed by atoms with Crippen molar-refractivity contribution in [3.8, 4) is 6.07 Å². The number of aromatic nitrogens is 1. The molecule has 0 fully saturated rings. The Hall–Kier alpha value is -2.19. The van der Waals surface area contributed by atoms with Crippen LogP contribution in [0, 0.1) is 11.3 Å². The van der Waals surface area contributed by atoms with Crippen molar-refractivity contribution in [1.82, 2.24) is 4.98 Å². The van der Waals surface area contributed by atoms with E-state index in [4.69, 9.17) is 10.4 Å². The molecule has 1 unspecified atom stereocenters. The summed E-state index contributed by atoms with van der Waals surface area (Å²) in [6.07, 6.45) is 2.80. The lowest BCUT2D eigenvalue weighted by Crippen LogP contribution is -2.02. The SMILES string of the molecule is N#CC(c1ccsc1)c1cncc(C(=O)O)c1. The van der Waals surface area contributed by atoms with E-state index in [0.29, 0.717) is 5.56 Å². The number of thiophene rings is 1. The Bertz CT molecular complexity index is 572. The maximum Gasteiger partial charge on any atom is 0.337 e. The molecule has 0 radical (unpaired) electrons. The van der Waals surface area contributed by atoms with E-state index in [-0.39, 0.29) is 5.56 Å². The number of carboxylic acid groups (broad SMARTS) is 1. The molecule has 17 heavy (non-hydrogen) atoms. The summed E-state index contributed by atoms with van der Waals surface area (Å²) >= 11 is 1.50. The lowest BCUT2D eigenvalue weighted by molar-refractivity contribution is 0.0696. The van der Waals surface area contributed by atoms with Crippen LogP contribution >= 0.6 is 11.3 Å². The average molecular weight is 244 g/mol. The number of hydrogen-bond donors (Lipinski definition) is 1. The lowest BCUT2D eigenvalue weighted by atomic mass is 9.95. The molecule has 1 N–H and O–H groups in total. The molecular weight excluding hydrogens is 236 g/mol. The first-order chi connectivity index (χ1) is 8.22. The van der Waals surface area contributed by atoms with Gasteiger partial charge in [0.05, 0.1) is 17.6 Å². The predicted octanol–water partition coefficient (Wildman–Crippen LogP) is 2.50. The number of carbonyl (C=O) groups is 1.